The monoisotopic (exact) mass is 454 g/mol. The Bertz CT molecular complexity index is 857. The van der Waals surface area contributed by atoms with Gasteiger partial charge in [-0.3, -0.25) is 4.55 Å². The van der Waals surface area contributed by atoms with Crippen LogP contribution in [0.15, 0.2) is 41.0 Å². The summed E-state index contributed by atoms with van der Waals surface area (Å²) in [5.41, 5.74) is 0. The Hall–Kier alpha value is -2.10. The van der Waals surface area contributed by atoms with E-state index >= 15 is 0 Å². The van der Waals surface area contributed by atoms with Crippen LogP contribution in [-0.4, -0.2) is 36.9 Å². The highest BCUT2D eigenvalue weighted by Gasteiger charge is 2.83. The standard InChI is InChI=1S/C12H5F11O4S/c13-7(9(15,16)10(17,18)11(19,20)12(21,22)23)8(14)27-5-1-3-6(4-2-5)28(24,25)26/h1-4H,(H,24,25,26). The van der Waals surface area contributed by atoms with Crippen molar-refractivity contribution in [2.45, 2.75) is 28.8 Å². The van der Waals surface area contributed by atoms with Crippen molar-refractivity contribution < 1.29 is 66.0 Å². The van der Waals surface area contributed by atoms with Crippen LogP contribution in [-0.2, 0) is 10.1 Å². The molecule has 0 aliphatic heterocycles. The highest BCUT2D eigenvalue weighted by atomic mass is 32.2. The van der Waals surface area contributed by atoms with Crippen molar-refractivity contribution in [2.75, 3.05) is 0 Å². The third-order valence-electron chi connectivity index (χ3n) is 2.92. The van der Waals surface area contributed by atoms with E-state index in [2.05, 4.69) is 4.74 Å². The van der Waals surface area contributed by atoms with Crippen LogP contribution in [0, 0.1) is 0 Å². The van der Waals surface area contributed by atoms with Gasteiger partial charge in [-0.05, 0) is 24.3 Å². The lowest BCUT2D eigenvalue weighted by molar-refractivity contribution is -0.392. The smallest absolute Gasteiger partial charge is 0.430 e. The largest absolute Gasteiger partial charge is 0.460 e. The average molecular weight is 454 g/mol. The van der Waals surface area contributed by atoms with Gasteiger partial charge in [-0.15, -0.1) is 0 Å². The third-order valence-corrected chi connectivity index (χ3v) is 3.79. The quantitative estimate of drug-likeness (QED) is 0.378. The molecule has 1 aromatic carbocycles. The normalized spacial score (nSPS) is 15.3. The van der Waals surface area contributed by atoms with E-state index in [9.17, 15) is 56.7 Å². The van der Waals surface area contributed by atoms with E-state index in [1.165, 1.54) is 0 Å². The van der Waals surface area contributed by atoms with Gasteiger partial charge >= 0.3 is 30.0 Å². The molecule has 0 aliphatic carbocycles. The average Bonchev–Trinajstić information content (AvgIpc) is 2.52. The molecule has 0 heterocycles. The first-order valence-corrected chi connectivity index (χ1v) is 7.72. The first-order valence-electron chi connectivity index (χ1n) is 6.28. The summed E-state index contributed by atoms with van der Waals surface area (Å²) in [5.74, 6) is -27.0. The molecule has 0 bridgehead atoms. The van der Waals surface area contributed by atoms with Crippen molar-refractivity contribution in [1.82, 2.24) is 0 Å². The van der Waals surface area contributed by atoms with Crippen LogP contribution in [0.25, 0.3) is 0 Å². The van der Waals surface area contributed by atoms with Gasteiger partial charge < -0.3 is 4.74 Å². The molecular formula is C12H5F11O4S. The van der Waals surface area contributed by atoms with Gasteiger partial charge in [0.15, 0.2) is 0 Å². The maximum Gasteiger partial charge on any atom is 0.460 e. The molecule has 0 fully saturated rings. The minimum Gasteiger partial charge on any atom is -0.430 e. The molecule has 1 rings (SSSR count). The van der Waals surface area contributed by atoms with E-state index in [0.29, 0.717) is 24.3 Å². The fourth-order valence-corrected chi connectivity index (χ4v) is 1.94. The summed E-state index contributed by atoms with van der Waals surface area (Å²) in [7, 11) is -4.78. The minimum atomic E-state index is -7.45. The van der Waals surface area contributed by atoms with E-state index in [0.717, 1.165) is 0 Å². The number of hydrogen-bond donors (Lipinski definition) is 1. The number of hydrogen-bond acceptors (Lipinski definition) is 3. The second kappa shape index (κ2) is 7.06. The number of alkyl halides is 9. The van der Waals surface area contributed by atoms with E-state index in [1.807, 2.05) is 0 Å². The van der Waals surface area contributed by atoms with Gasteiger partial charge in [-0.2, -0.15) is 56.7 Å². The molecule has 0 radical (unpaired) electrons. The van der Waals surface area contributed by atoms with Crippen LogP contribution >= 0.6 is 0 Å². The summed E-state index contributed by atoms with van der Waals surface area (Å²) in [6.07, 6.45) is -7.23. The highest BCUT2D eigenvalue weighted by Crippen LogP contribution is 2.55. The van der Waals surface area contributed by atoms with Crippen LogP contribution in [0.2, 0.25) is 0 Å². The summed E-state index contributed by atoms with van der Waals surface area (Å²) >= 11 is 0. The maximum atomic E-state index is 13.3. The molecule has 0 spiro atoms. The Morgan fingerprint density at radius 3 is 1.61 bits per heavy atom. The van der Waals surface area contributed by atoms with Crippen LogP contribution in [0.3, 0.4) is 0 Å². The summed E-state index contributed by atoms with van der Waals surface area (Å²) in [6, 6.07) is -1.64. The number of halogens is 11. The van der Waals surface area contributed by atoms with Crippen LogP contribution in [0.4, 0.5) is 48.3 Å². The van der Waals surface area contributed by atoms with E-state index < -0.39 is 56.5 Å². The van der Waals surface area contributed by atoms with Gasteiger partial charge in [-0.1, -0.05) is 0 Å². The zero-order chi connectivity index (χ0) is 22.3. The fourth-order valence-electron chi connectivity index (χ4n) is 1.46. The number of allylic oxidation sites excluding steroid dienone is 1. The first kappa shape index (κ1) is 23.9. The summed E-state index contributed by atoms with van der Waals surface area (Å²) in [4.78, 5) is -0.855. The molecule has 16 heteroatoms. The molecule has 28 heavy (non-hydrogen) atoms. The van der Waals surface area contributed by atoms with Crippen molar-refractivity contribution in [1.29, 1.82) is 0 Å². The Balaban J connectivity index is 3.28. The number of ether oxygens (including phenoxy) is 1. The van der Waals surface area contributed by atoms with Gasteiger partial charge in [0.05, 0.1) is 4.90 Å². The van der Waals surface area contributed by atoms with E-state index in [-0.39, 0.29) is 0 Å². The van der Waals surface area contributed by atoms with Crippen molar-refractivity contribution in [3.8, 4) is 5.75 Å². The lowest BCUT2D eigenvalue weighted by Gasteiger charge is -2.32. The van der Waals surface area contributed by atoms with Crippen molar-refractivity contribution in [2.24, 2.45) is 0 Å². The molecule has 160 valence electrons. The minimum absolute atomic E-state index is 0.385. The predicted octanol–water partition coefficient (Wildman–Crippen LogP) is 4.89. The van der Waals surface area contributed by atoms with Gasteiger partial charge in [0, 0.05) is 0 Å². The van der Waals surface area contributed by atoms with Crippen molar-refractivity contribution in [3.05, 3.63) is 36.1 Å². The second-order valence-corrected chi connectivity index (χ2v) is 6.28. The molecule has 0 saturated heterocycles. The molecule has 0 aromatic heterocycles. The van der Waals surface area contributed by atoms with Crippen molar-refractivity contribution in [3.63, 3.8) is 0 Å². The number of rotatable bonds is 6. The molecule has 1 aromatic rings. The van der Waals surface area contributed by atoms with Gasteiger partial charge in [0.25, 0.3) is 10.1 Å². The predicted molar refractivity (Wildman–Crippen MR) is 67.0 cm³/mol. The Morgan fingerprint density at radius 1 is 0.821 bits per heavy atom. The Kier molecular flexibility index (Phi) is 6.03. The zero-order valence-electron chi connectivity index (χ0n) is 12.5. The van der Waals surface area contributed by atoms with E-state index in [4.69, 9.17) is 4.55 Å². The third kappa shape index (κ3) is 4.16. The van der Waals surface area contributed by atoms with Crippen molar-refractivity contribution >= 4 is 10.1 Å². The van der Waals surface area contributed by atoms with Crippen LogP contribution < -0.4 is 4.74 Å². The zero-order valence-corrected chi connectivity index (χ0v) is 13.4. The Labute approximate surface area is 147 Å². The maximum absolute atomic E-state index is 13.3. The first-order chi connectivity index (χ1) is 12.3. The van der Waals surface area contributed by atoms with E-state index in [1.54, 1.807) is 0 Å². The molecule has 4 nitrogen and oxygen atoms in total. The SMILES string of the molecule is O=S(=O)(O)c1ccc(OC(F)=C(F)C(F)(F)C(F)(F)C(F)(F)C(F)(F)F)cc1. The summed E-state index contributed by atoms with van der Waals surface area (Å²) in [5, 5.41) is 0. The molecule has 0 saturated carbocycles. The topological polar surface area (TPSA) is 63.6 Å². The summed E-state index contributed by atoms with van der Waals surface area (Å²) < 4.78 is 174. The highest BCUT2D eigenvalue weighted by molar-refractivity contribution is 7.85. The Morgan fingerprint density at radius 2 is 1.25 bits per heavy atom. The van der Waals surface area contributed by atoms with Crippen LogP contribution in [0.5, 0.6) is 5.75 Å². The molecule has 0 amide bonds. The summed E-state index contributed by atoms with van der Waals surface area (Å²) in [6.45, 7) is 0. The lowest BCUT2D eigenvalue weighted by atomic mass is 10.0. The molecule has 1 N–H and O–H groups in total. The fraction of sp³-hybridized carbons (Fsp3) is 0.333. The van der Waals surface area contributed by atoms with Gasteiger partial charge in [0.2, 0.25) is 5.83 Å². The lowest BCUT2D eigenvalue weighted by Crippen LogP contribution is -2.61. The second-order valence-electron chi connectivity index (χ2n) is 4.86. The molecule has 0 atom stereocenters. The molecular weight excluding hydrogens is 449 g/mol. The van der Waals surface area contributed by atoms with Gasteiger partial charge in [-0.25, -0.2) is 0 Å². The van der Waals surface area contributed by atoms with Crippen LogP contribution in [0.1, 0.15) is 0 Å². The number of benzene rings is 1. The molecule has 0 unspecified atom stereocenters. The van der Waals surface area contributed by atoms with Gasteiger partial charge in [0.1, 0.15) is 5.75 Å². The molecule has 0 aliphatic rings.